The molecule has 1 aromatic carbocycles. The molecule has 1 aromatic rings. The van der Waals surface area contributed by atoms with Crippen molar-refractivity contribution in [1.82, 2.24) is 0 Å². The van der Waals surface area contributed by atoms with Gasteiger partial charge in [-0.3, -0.25) is 0 Å². The Morgan fingerprint density at radius 1 is 1.39 bits per heavy atom. The summed E-state index contributed by atoms with van der Waals surface area (Å²) in [6.07, 6.45) is 4.85. The fraction of sp³-hybridized carbons (Fsp3) is 0.500. The van der Waals surface area contributed by atoms with Crippen LogP contribution < -0.4 is 10.6 Å². The summed E-state index contributed by atoms with van der Waals surface area (Å²) in [5.41, 5.74) is 7.77. The molecular formula is C14H20N2O2. The van der Waals surface area contributed by atoms with Crippen LogP contribution in [0.15, 0.2) is 18.2 Å². The number of benzene rings is 1. The highest BCUT2D eigenvalue weighted by molar-refractivity contribution is 5.90. The van der Waals surface area contributed by atoms with E-state index in [1.165, 1.54) is 25.7 Å². The van der Waals surface area contributed by atoms with Crippen molar-refractivity contribution in [3.05, 3.63) is 23.8 Å². The van der Waals surface area contributed by atoms with Crippen molar-refractivity contribution in [3.63, 3.8) is 0 Å². The van der Waals surface area contributed by atoms with Gasteiger partial charge in [0.1, 0.15) is 0 Å². The van der Waals surface area contributed by atoms with Gasteiger partial charge >= 0.3 is 5.97 Å². The molecule has 2 rings (SSSR count). The highest BCUT2D eigenvalue weighted by atomic mass is 16.4. The zero-order valence-electron chi connectivity index (χ0n) is 10.7. The second-order valence-corrected chi connectivity index (χ2v) is 4.97. The number of nitrogen functional groups attached to an aromatic ring is 1. The van der Waals surface area contributed by atoms with Crippen molar-refractivity contribution in [2.45, 2.75) is 38.6 Å². The van der Waals surface area contributed by atoms with Crippen LogP contribution in [0.4, 0.5) is 11.4 Å². The van der Waals surface area contributed by atoms with Crippen LogP contribution in [0.3, 0.4) is 0 Å². The van der Waals surface area contributed by atoms with Crippen LogP contribution in [0, 0.1) is 0 Å². The number of hydrogen-bond donors (Lipinski definition) is 2. The van der Waals surface area contributed by atoms with E-state index in [1.807, 2.05) is 6.07 Å². The van der Waals surface area contributed by atoms with Gasteiger partial charge in [0, 0.05) is 12.6 Å². The molecule has 4 heteroatoms. The quantitative estimate of drug-likeness (QED) is 0.790. The van der Waals surface area contributed by atoms with Gasteiger partial charge in [-0.2, -0.15) is 0 Å². The summed E-state index contributed by atoms with van der Waals surface area (Å²) < 4.78 is 0. The van der Waals surface area contributed by atoms with Gasteiger partial charge < -0.3 is 15.7 Å². The first kappa shape index (κ1) is 12.7. The van der Waals surface area contributed by atoms with Crippen molar-refractivity contribution in [3.8, 4) is 0 Å². The Labute approximate surface area is 107 Å². The van der Waals surface area contributed by atoms with E-state index in [0.29, 0.717) is 11.7 Å². The highest BCUT2D eigenvalue weighted by Crippen LogP contribution is 2.29. The number of nitrogens with two attached hydrogens (primary N) is 1. The Morgan fingerprint density at radius 2 is 2.17 bits per heavy atom. The van der Waals surface area contributed by atoms with Gasteiger partial charge in [-0.1, -0.05) is 12.8 Å². The van der Waals surface area contributed by atoms with Crippen LogP contribution in [-0.4, -0.2) is 23.7 Å². The van der Waals surface area contributed by atoms with Crippen molar-refractivity contribution in [2.24, 2.45) is 0 Å². The molecule has 18 heavy (non-hydrogen) atoms. The Hall–Kier alpha value is -1.71. The first-order chi connectivity index (χ1) is 8.59. The lowest BCUT2D eigenvalue weighted by Gasteiger charge is -2.30. The Kier molecular flexibility index (Phi) is 3.75. The van der Waals surface area contributed by atoms with Gasteiger partial charge in [-0.15, -0.1) is 0 Å². The molecule has 0 aromatic heterocycles. The number of aromatic carboxylic acids is 1. The third-order valence-electron chi connectivity index (χ3n) is 3.64. The van der Waals surface area contributed by atoms with Crippen molar-refractivity contribution >= 4 is 17.3 Å². The molecule has 1 unspecified atom stereocenters. The Morgan fingerprint density at radius 3 is 2.83 bits per heavy atom. The minimum atomic E-state index is -0.933. The van der Waals surface area contributed by atoms with Crippen LogP contribution >= 0.6 is 0 Å². The largest absolute Gasteiger partial charge is 0.478 e. The average Bonchev–Trinajstić information content (AvgIpc) is 2.54. The molecule has 1 fully saturated rings. The first-order valence-corrected chi connectivity index (χ1v) is 6.49. The van der Waals surface area contributed by atoms with Crippen molar-refractivity contribution in [1.29, 1.82) is 0 Å². The maximum Gasteiger partial charge on any atom is 0.335 e. The van der Waals surface area contributed by atoms with Crippen LogP contribution in [0.25, 0.3) is 0 Å². The molecule has 4 nitrogen and oxygen atoms in total. The van der Waals surface area contributed by atoms with E-state index in [1.54, 1.807) is 12.1 Å². The Bertz CT molecular complexity index is 445. The molecule has 1 aliphatic rings. The predicted molar refractivity (Wildman–Crippen MR) is 73.1 cm³/mol. The van der Waals surface area contributed by atoms with E-state index in [0.717, 1.165) is 12.2 Å². The molecule has 98 valence electrons. The number of carboxylic acids is 1. The highest BCUT2D eigenvalue weighted by Gasteiger charge is 2.19. The van der Waals surface area contributed by atoms with Gasteiger partial charge in [-0.05, 0) is 38.0 Å². The summed E-state index contributed by atoms with van der Waals surface area (Å²) in [5, 5.41) is 8.94. The smallest absolute Gasteiger partial charge is 0.335 e. The minimum absolute atomic E-state index is 0.249. The van der Waals surface area contributed by atoms with Gasteiger partial charge in [0.2, 0.25) is 0 Å². The summed E-state index contributed by atoms with van der Waals surface area (Å²) in [5.74, 6) is -0.933. The van der Waals surface area contributed by atoms with E-state index in [-0.39, 0.29) is 5.56 Å². The lowest BCUT2D eigenvalue weighted by molar-refractivity contribution is 0.0697. The fourth-order valence-corrected chi connectivity index (χ4v) is 2.58. The molecule has 1 heterocycles. The number of carboxylic acid groups (broad SMARTS) is 1. The molecule has 0 radical (unpaired) electrons. The fourth-order valence-electron chi connectivity index (χ4n) is 2.58. The molecule has 0 amide bonds. The molecular weight excluding hydrogens is 228 g/mol. The first-order valence-electron chi connectivity index (χ1n) is 6.49. The van der Waals surface area contributed by atoms with Gasteiger partial charge in [0.15, 0.2) is 0 Å². The molecule has 0 saturated carbocycles. The zero-order chi connectivity index (χ0) is 13.1. The number of anilines is 2. The second-order valence-electron chi connectivity index (χ2n) is 4.97. The molecule has 1 atom stereocenters. The number of hydrogen-bond acceptors (Lipinski definition) is 3. The number of nitrogens with zero attached hydrogens (tertiary/aromatic N) is 1. The lowest BCUT2D eigenvalue weighted by Crippen LogP contribution is -2.33. The molecule has 0 spiro atoms. The van der Waals surface area contributed by atoms with E-state index in [4.69, 9.17) is 10.8 Å². The average molecular weight is 248 g/mol. The minimum Gasteiger partial charge on any atom is -0.478 e. The summed E-state index contributed by atoms with van der Waals surface area (Å²) in [6, 6.07) is 5.48. The van der Waals surface area contributed by atoms with Crippen LogP contribution in [0.5, 0.6) is 0 Å². The van der Waals surface area contributed by atoms with Gasteiger partial charge in [-0.25, -0.2) is 4.79 Å². The van der Waals surface area contributed by atoms with E-state index < -0.39 is 5.97 Å². The molecule has 0 bridgehead atoms. The normalized spacial score (nSPS) is 20.5. The third-order valence-corrected chi connectivity index (χ3v) is 3.64. The topological polar surface area (TPSA) is 66.6 Å². The predicted octanol–water partition coefficient (Wildman–Crippen LogP) is 2.74. The van der Waals surface area contributed by atoms with E-state index in [2.05, 4.69) is 11.8 Å². The van der Waals surface area contributed by atoms with Crippen LogP contribution in [0.1, 0.15) is 43.0 Å². The van der Waals surface area contributed by atoms with E-state index in [9.17, 15) is 4.79 Å². The molecule has 3 N–H and O–H groups in total. The zero-order valence-corrected chi connectivity index (χ0v) is 10.7. The molecule has 0 aliphatic carbocycles. The SMILES string of the molecule is CC1CCCCCN1c1ccc(C(=O)O)cc1N. The third kappa shape index (κ3) is 2.58. The second kappa shape index (κ2) is 5.29. The molecule has 1 aliphatic heterocycles. The summed E-state index contributed by atoms with van der Waals surface area (Å²) in [6.45, 7) is 3.20. The van der Waals surface area contributed by atoms with Crippen molar-refractivity contribution in [2.75, 3.05) is 17.2 Å². The Balaban J connectivity index is 2.29. The summed E-state index contributed by atoms with van der Waals surface area (Å²) in [7, 11) is 0. The van der Waals surface area contributed by atoms with Crippen LogP contribution in [-0.2, 0) is 0 Å². The summed E-state index contributed by atoms with van der Waals surface area (Å²) in [4.78, 5) is 13.2. The number of rotatable bonds is 2. The van der Waals surface area contributed by atoms with Gasteiger partial charge in [0.25, 0.3) is 0 Å². The van der Waals surface area contributed by atoms with E-state index >= 15 is 0 Å². The standard InChI is InChI=1S/C14H20N2O2/c1-10-5-3-2-4-8-16(10)13-7-6-11(14(17)18)9-12(13)15/h6-7,9-10H,2-5,8,15H2,1H3,(H,17,18). The van der Waals surface area contributed by atoms with Crippen LogP contribution in [0.2, 0.25) is 0 Å². The van der Waals surface area contributed by atoms with Gasteiger partial charge in [0.05, 0.1) is 16.9 Å². The maximum atomic E-state index is 10.9. The summed E-state index contributed by atoms with van der Waals surface area (Å²) >= 11 is 0. The van der Waals surface area contributed by atoms with Crippen molar-refractivity contribution < 1.29 is 9.90 Å². The monoisotopic (exact) mass is 248 g/mol. The maximum absolute atomic E-state index is 10.9. The lowest BCUT2D eigenvalue weighted by atomic mass is 10.1. The number of carbonyl (C=O) groups is 1. The molecule has 1 saturated heterocycles.